The molecule has 3 aromatic rings. The Bertz CT molecular complexity index is 884. The molecule has 2 aromatic carbocycles. The van der Waals surface area contributed by atoms with Gasteiger partial charge in [-0.25, -0.2) is 9.48 Å². The summed E-state index contributed by atoms with van der Waals surface area (Å²) in [5.74, 6) is 0.518. The first kappa shape index (κ1) is 13.4. The summed E-state index contributed by atoms with van der Waals surface area (Å²) in [6.45, 7) is 0.244. The van der Waals surface area contributed by atoms with Gasteiger partial charge in [0.2, 0.25) is 6.79 Å². The van der Waals surface area contributed by atoms with Crippen molar-refractivity contribution in [3.05, 3.63) is 60.4 Å². The van der Waals surface area contributed by atoms with Crippen LogP contribution in [0, 0.1) is 0 Å². The smallest absolute Gasteiger partial charge is 0.335 e. The van der Waals surface area contributed by atoms with Gasteiger partial charge < -0.3 is 14.6 Å². The molecular formula is C17H12N2O4. The number of rotatable bonds is 3. The topological polar surface area (TPSA) is 73.6 Å². The zero-order valence-corrected chi connectivity index (χ0v) is 12.0. The van der Waals surface area contributed by atoms with E-state index in [4.69, 9.17) is 14.6 Å². The molecule has 0 saturated carbocycles. The number of hydrogen-bond acceptors (Lipinski definition) is 4. The first-order valence-corrected chi connectivity index (χ1v) is 6.99. The van der Waals surface area contributed by atoms with Crippen LogP contribution in [0.4, 0.5) is 0 Å². The van der Waals surface area contributed by atoms with Gasteiger partial charge in [-0.2, -0.15) is 5.10 Å². The van der Waals surface area contributed by atoms with Crippen molar-refractivity contribution >= 4 is 5.97 Å². The third kappa shape index (κ3) is 2.40. The van der Waals surface area contributed by atoms with Gasteiger partial charge in [0.1, 0.15) is 0 Å². The molecule has 23 heavy (non-hydrogen) atoms. The lowest BCUT2D eigenvalue weighted by atomic mass is 10.1. The molecule has 1 aliphatic rings. The summed E-state index contributed by atoms with van der Waals surface area (Å²) in [4.78, 5) is 10.9. The minimum Gasteiger partial charge on any atom is -0.478 e. The number of aromatic nitrogens is 2. The summed E-state index contributed by atoms with van der Waals surface area (Å²) in [5.41, 5.74) is 2.95. The minimum atomic E-state index is -0.946. The summed E-state index contributed by atoms with van der Waals surface area (Å²) in [6, 6.07) is 12.3. The first-order valence-electron chi connectivity index (χ1n) is 6.99. The maximum atomic E-state index is 10.9. The summed E-state index contributed by atoms with van der Waals surface area (Å²) in [6.07, 6.45) is 3.63. The molecule has 4 rings (SSSR count). The second-order valence-electron chi connectivity index (χ2n) is 5.09. The minimum absolute atomic E-state index is 0.244. The highest BCUT2D eigenvalue weighted by Gasteiger charge is 2.14. The zero-order chi connectivity index (χ0) is 15.8. The van der Waals surface area contributed by atoms with Crippen LogP contribution in [0.1, 0.15) is 10.4 Å². The van der Waals surface area contributed by atoms with Crippen molar-refractivity contribution in [2.45, 2.75) is 0 Å². The van der Waals surface area contributed by atoms with Crippen molar-refractivity contribution in [3.8, 4) is 28.3 Å². The number of fused-ring (bicyclic) bond motifs is 1. The van der Waals surface area contributed by atoms with Gasteiger partial charge in [-0.05, 0) is 42.0 Å². The molecule has 0 radical (unpaired) electrons. The Balaban J connectivity index is 1.65. The molecule has 0 unspecified atom stereocenters. The van der Waals surface area contributed by atoms with Crippen LogP contribution in [0.3, 0.4) is 0 Å². The fourth-order valence-electron chi connectivity index (χ4n) is 2.45. The van der Waals surface area contributed by atoms with Gasteiger partial charge >= 0.3 is 5.97 Å². The largest absolute Gasteiger partial charge is 0.478 e. The van der Waals surface area contributed by atoms with Crippen LogP contribution in [-0.4, -0.2) is 27.6 Å². The number of nitrogens with zero attached hydrogens (tertiary/aromatic N) is 2. The number of benzene rings is 2. The lowest BCUT2D eigenvalue weighted by Crippen LogP contribution is -1.98. The van der Waals surface area contributed by atoms with Gasteiger partial charge in [0, 0.05) is 11.8 Å². The van der Waals surface area contributed by atoms with E-state index in [0.717, 1.165) is 28.3 Å². The van der Waals surface area contributed by atoms with E-state index in [2.05, 4.69) is 5.10 Å². The maximum absolute atomic E-state index is 10.9. The van der Waals surface area contributed by atoms with Gasteiger partial charge in [-0.3, -0.25) is 0 Å². The van der Waals surface area contributed by atoms with E-state index in [1.165, 1.54) is 0 Å². The number of carboxylic acid groups (broad SMARTS) is 1. The van der Waals surface area contributed by atoms with Crippen molar-refractivity contribution < 1.29 is 19.4 Å². The lowest BCUT2D eigenvalue weighted by Gasteiger charge is -2.02. The summed E-state index contributed by atoms with van der Waals surface area (Å²) in [5, 5.41) is 13.3. The average molecular weight is 308 g/mol. The van der Waals surface area contributed by atoms with Crippen molar-refractivity contribution in [3.63, 3.8) is 0 Å². The third-order valence-electron chi connectivity index (χ3n) is 3.67. The van der Waals surface area contributed by atoms with Crippen molar-refractivity contribution in [1.82, 2.24) is 9.78 Å². The van der Waals surface area contributed by atoms with Crippen molar-refractivity contribution in [1.29, 1.82) is 0 Å². The van der Waals surface area contributed by atoms with E-state index in [0.29, 0.717) is 0 Å². The summed E-state index contributed by atoms with van der Waals surface area (Å²) < 4.78 is 12.4. The van der Waals surface area contributed by atoms with Gasteiger partial charge in [0.05, 0.1) is 17.4 Å². The molecule has 0 amide bonds. The lowest BCUT2D eigenvalue weighted by molar-refractivity contribution is 0.0697. The number of ether oxygens (including phenoxy) is 2. The van der Waals surface area contributed by atoms with E-state index in [1.807, 2.05) is 24.4 Å². The second kappa shape index (κ2) is 5.17. The molecule has 0 atom stereocenters. The molecule has 0 fully saturated rings. The van der Waals surface area contributed by atoms with Gasteiger partial charge in [0.15, 0.2) is 11.5 Å². The Labute approximate surface area is 131 Å². The van der Waals surface area contributed by atoms with Gasteiger partial charge in [0.25, 0.3) is 0 Å². The molecule has 1 aromatic heterocycles. The standard InChI is InChI=1S/C17H12N2O4/c20-17(21)11-1-4-14(5-2-11)19-9-13(8-18-19)12-3-6-15-16(7-12)23-10-22-15/h1-9H,10H2,(H,20,21). The Morgan fingerprint density at radius 2 is 1.83 bits per heavy atom. The van der Waals surface area contributed by atoms with Crippen LogP contribution in [0.2, 0.25) is 0 Å². The fourth-order valence-corrected chi connectivity index (χ4v) is 2.45. The second-order valence-corrected chi connectivity index (χ2v) is 5.09. The Hall–Kier alpha value is -3.28. The number of aromatic carboxylic acids is 1. The maximum Gasteiger partial charge on any atom is 0.335 e. The quantitative estimate of drug-likeness (QED) is 0.805. The molecule has 114 valence electrons. The number of carbonyl (C=O) groups is 1. The highest BCUT2D eigenvalue weighted by atomic mass is 16.7. The van der Waals surface area contributed by atoms with E-state index in [9.17, 15) is 4.79 Å². The Morgan fingerprint density at radius 1 is 1.04 bits per heavy atom. The molecule has 0 saturated heterocycles. The molecule has 6 nitrogen and oxygen atoms in total. The summed E-state index contributed by atoms with van der Waals surface area (Å²) >= 11 is 0. The van der Waals surface area contributed by atoms with Crippen molar-refractivity contribution in [2.75, 3.05) is 6.79 Å². The van der Waals surface area contributed by atoms with E-state index in [-0.39, 0.29) is 12.4 Å². The molecule has 0 spiro atoms. The van der Waals surface area contributed by atoms with Crippen LogP contribution in [0.25, 0.3) is 16.8 Å². The van der Waals surface area contributed by atoms with Gasteiger partial charge in [-0.1, -0.05) is 6.07 Å². The van der Waals surface area contributed by atoms with Crippen LogP contribution in [-0.2, 0) is 0 Å². The Kier molecular flexibility index (Phi) is 3.01. The predicted octanol–water partition coefficient (Wildman–Crippen LogP) is 2.97. The SMILES string of the molecule is O=C(O)c1ccc(-n2cc(-c3ccc4c(c3)OCO4)cn2)cc1. The Morgan fingerprint density at radius 3 is 2.61 bits per heavy atom. The average Bonchev–Trinajstić information content (AvgIpc) is 3.23. The molecule has 6 heteroatoms. The molecule has 0 bridgehead atoms. The highest BCUT2D eigenvalue weighted by molar-refractivity contribution is 5.87. The van der Waals surface area contributed by atoms with Crippen molar-refractivity contribution in [2.24, 2.45) is 0 Å². The highest BCUT2D eigenvalue weighted by Crippen LogP contribution is 2.35. The molecule has 0 aliphatic carbocycles. The molecule has 1 N–H and O–H groups in total. The monoisotopic (exact) mass is 308 g/mol. The van der Waals surface area contributed by atoms with E-state index < -0.39 is 5.97 Å². The normalized spacial score (nSPS) is 12.3. The number of hydrogen-bond donors (Lipinski definition) is 1. The third-order valence-corrected chi connectivity index (χ3v) is 3.67. The van der Waals surface area contributed by atoms with Gasteiger partial charge in [-0.15, -0.1) is 0 Å². The van der Waals surface area contributed by atoms with E-state index >= 15 is 0 Å². The predicted molar refractivity (Wildman–Crippen MR) is 82.1 cm³/mol. The fraction of sp³-hybridized carbons (Fsp3) is 0.0588. The molecular weight excluding hydrogens is 296 g/mol. The first-order chi connectivity index (χ1) is 11.2. The van der Waals surface area contributed by atoms with Crippen LogP contribution in [0.5, 0.6) is 11.5 Å². The zero-order valence-electron chi connectivity index (χ0n) is 12.0. The molecule has 1 aliphatic heterocycles. The summed E-state index contributed by atoms with van der Waals surface area (Å²) in [7, 11) is 0. The molecule has 2 heterocycles. The van der Waals surface area contributed by atoms with Crippen LogP contribution >= 0.6 is 0 Å². The number of carboxylic acids is 1. The van der Waals surface area contributed by atoms with E-state index in [1.54, 1.807) is 35.1 Å². The van der Waals surface area contributed by atoms with Crippen LogP contribution < -0.4 is 9.47 Å². The van der Waals surface area contributed by atoms with Crippen LogP contribution in [0.15, 0.2) is 54.9 Å².